The highest BCUT2D eigenvalue weighted by Gasteiger charge is 2.22. The fourth-order valence-corrected chi connectivity index (χ4v) is 4.98. The molecule has 0 atom stereocenters. The van der Waals surface area contributed by atoms with Crippen LogP contribution in [0.2, 0.25) is 0 Å². The van der Waals surface area contributed by atoms with E-state index in [-0.39, 0.29) is 27.6 Å². The first-order chi connectivity index (χ1) is 15.6. The van der Waals surface area contributed by atoms with Crippen molar-refractivity contribution in [2.45, 2.75) is 21.2 Å². The predicted octanol–water partition coefficient (Wildman–Crippen LogP) is 4.07. The van der Waals surface area contributed by atoms with Crippen LogP contribution in [0.4, 0.5) is 10.1 Å². The molecule has 0 aliphatic rings. The van der Waals surface area contributed by atoms with E-state index >= 15 is 0 Å². The highest BCUT2D eigenvalue weighted by atomic mass is 32.2. The molecule has 1 N–H and O–H groups in total. The Bertz CT molecular complexity index is 1310. The molecule has 0 saturated heterocycles. The summed E-state index contributed by atoms with van der Waals surface area (Å²) in [7, 11) is -0.939. The first-order valence-corrected chi connectivity index (χ1v) is 11.9. The Morgan fingerprint density at radius 2 is 1.73 bits per heavy atom. The van der Waals surface area contributed by atoms with Crippen molar-refractivity contribution in [2.75, 3.05) is 14.1 Å². The van der Waals surface area contributed by atoms with Crippen molar-refractivity contribution in [1.82, 2.24) is 9.62 Å². The lowest BCUT2D eigenvalue weighted by Gasteiger charge is -2.16. The molecule has 0 aromatic heterocycles. The summed E-state index contributed by atoms with van der Waals surface area (Å²) in [5.74, 6) is -1.15. The number of rotatable bonds is 8. The first-order valence-electron chi connectivity index (χ1n) is 9.60. The highest BCUT2D eigenvalue weighted by Crippen LogP contribution is 2.34. The largest absolute Gasteiger partial charge is 0.348 e. The predicted molar refractivity (Wildman–Crippen MR) is 122 cm³/mol. The van der Waals surface area contributed by atoms with E-state index in [0.29, 0.717) is 10.5 Å². The van der Waals surface area contributed by atoms with E-state index in [1.165, 1.54) is 50.5 Å². The Hall–Kier alpha value is -3.28. The number of sulfonamides is 1. The second kappa shape index (κ2) is 10.1. The molecule has 3 aromatic carbocycles. The van der Waals surface area contributed by atoms with Crippen LogP contribution >= 0.6 is 11.8 Å². The maximum atomic E-state index is 14.1. The molecule has 0 unspecified atom stereocenters. The van der Waals surface area contributed by atoms with Crippen molar-refractivity contribution < 1.29 is 22.5 Å². The first kappa shape index (κ1) is 24.4. The van der Waals surface area contributed by atoms with Crippen molar-refractivity contribution in [3.05, 3.63) is 93.8 Å². The Balaban J connectivity index is 1.92. The summed E-state index contributed by atoms with van der Waals surface area (Å²) in [6, 6.07) is 15.9. The minimum Gasteiger partial charge on any atom is -0.348 e. The number of halogens is 1. The summed E-state index contributed by atoms with van der Waals surface area (Å²) in [5, 5.41) is 13.9. The van der Waals surface area contributed by atoms with Gasteiger partial charge in [0.2, 0.25) is 10.0 Å². The quantitative estimate of drug-likeness (QED) is 0.377. The Kier molecular flexibility index (Phi) is 7.46. The molecule has 33 heavy (non-hydrogen) atoms. The van der Waals surface area contributed by atoms with Gasteiger partial charge in [0.15, 0.2) is 0 Å². The van der Waals surface area contributed by atoms with Gasteiger partial charge in [0.05, 0.1) is 15.4 Å². The third-order valence-electron chi connectivity index (χ3n) is 4.65. The maximum absolute atomic E-state index is 14.1. The molecule has 3 aromatic rings. The number of non-ortho nitro benzene ring substituents is 1. The molecule has 0 radical (unpaired) electrons. The summed E-state index contributed by atoms with van der Waals surface area (Å²) in [6.45, 7) is -0.130. The average molecular weight is 490 g/mol. The Morgan fingerprint density at radius 3 is 2.39 bits per heavy atom. The van der Waals surface area contributed by atoms with Gasteiger partial charge < -0.3 is 5.32 Å². The van der Waals surface area contributed by atoms with Crippen LogP contribution in [0.1, 0.15) is 15.9 Å². The van der Waals surface area contributed by atoms with Crippen LogP contribution in [0.3, 0.4) is 0 Å². The number of nitro groups is 1. The summed E-state index contributed by atoms with van der Waals surface area (Å²) >= 11 is 0.962. The second-order valence-corrected chi connectivity index (χ2v) is 10.3. The van der Waals surface area contributed by atoms with Crippen molar-refractivity contribution >= 4 is 33.4 Å². The van der Waals surface area contributed by atoms with Gasteiger partial charge in [-0.05, 0) is 29.8 Å². The number of nitrogens with one attached hydrogen (secondary N) is 1. The van der Waals surface area contributed by atoms with Crippen LogP contribution in [-0.2, 0) is 16.6 Å². The molecule has 8 nitrogen and oxygen atoms in total. The van der Waals surface area contributed by atoms with E-state index in [1.807, 2.05) is 0 Å². The normalized spacial score (nSPS) is 11.4. The van der Waals surface area contributed by atoms with Gasteiger partial charge in [-0.2, -0.15) is 0 Å². The fraction of sp³-hybridized carbons (Fsp3) is 0.136. The van der Waals surface area contributed by atoms with Gasteiger partial charge in [0.25, 0.3) is 11.6 Å². The average Bonchev–Trinajstić information content (AvgIpc) is 2.79. The fourth-order valence-electron chi connectivity index (χ4n) is 2.91. The van der Waals surface area contributed by atoms with E-state index in [4.69, 9.17) is 0 Å². The molecule has 11 heteroatoms. The van der Waals surface area contributed by atoms with Crippen LogP contribution in [0.5, 0.6) is 0 Å². The van der Waals surface area contributed by atoms with Crippen LogP contribution in [0, 0.1) is 15.9 Å². The topological polar surface area (TPSA) is 110 Å². The molecule has 3 rings (SSSR count). The van der Waals surface area contributed by atoms with Crippen molar-refractivity contribution in [3.8, 4) is 0 Å². The van der Waals surface area contributed by atoms with Gasteiger partial charge in [0.1, 0.15) is 5.82 Å². The number of hydrogen-bond acceptors (Lipinski definition) is 6. The molecule has 0 fully saturated rings. The zero-order valence-electron chi connectivity index (χ0n) is 17.7. The molecule has 1 amide bonds. The third-order valence-corrected chi connectivity index (χ3v) is 7.69. The second-order valence-electron chi connectivity index (χ2n) is 7.05. The minimum absolute atomic E-state index is 0.0228. The molecule has 0 aliphatic carbocycles. The number of benzene rings is 3. The summed E-state index contributed by atoms with van der Waals surface area (Å²) in [4.78, 5) is 24.2. The Morgan fingerprint density at radius 1 is 1.06 bits per heavy atom. The molecule has 0 saturated carbocycles. The van der Waals surface area contributed by atoms with E-state index in [1.54, 1.807) is 24.3 Å². The standard InChI is InChI=1S/C22H20FN3O5S2/c1-25(2)33(30,31)21-10-6-3-7-15(21)14-24-22(27)17-13-16(26(28)29)11-12-19(17)32-20-9-5-4-8-18(20)23/h3-13H,14H2,1-2H3,(H,24,27). The summed E-state index contributed by atoms with van der Waals surface area (Å²) in [6.07, 6.45) is 0. The number of carbonyl (C=O) groups is 1. The molecule has 0 bridgehead atoms. The van der Waals surface area contributed by atoms with E-state index in [0.717, 1.165) is 22.1 Å². The smallest absolute Gasteiger partial charge is 0.270 e. The summed E-state index contributed by atoms with van der Waals surface area (Å²) < 4.78 is 40.3. The zero-order chi connectivity index (χ0) is 24.2. The number of nitrogens with zero attached hydrogens (tertiary/aromatic N) is 2. The van der Waals surface area contributed by atoms with Gasteiger partial charge in [0, 0.05) is 42.6 Å². The number of carbonyl (C=O) groups excluding carboxylic acids is 1. The van der Waals surface area contributed by atoms with Gasteiger partial charge >= 0.3 is 0 Å². The highest BCUT2D eigenvalue weighted by molar-refractivity contribution is 7.99. The van der Waals surface area contributed by atoms with Crippen molar-refractivity contribution in [1.29, 1.82) is 0 Å². The van der Waals surface area contributed by atoms with E-state index in [2.05, 4.69) is 5.32 Å². The summed E-state index contributed by atoms with van der Waals surface area (Å²) in [5.41, 5.74) is 0.0345. The molecule has 0 heterocycles. The number of amides is 1. The van der Waals surface area contributed by atoms with Crippen LogP contribution < -0.4 is 5.32 Å². The molecule has 0 spiro atoms. The molecular formula is C22H20FN3O5S2. The maximum Gasteiger partial charge on any atom is 0.270 e. The lowest BCUT2D eigenvalue weighted by molar-refractivity contribution is -0.384. The molecular weight excluding hydrogens is 469 g/mol. The number of nitro benzene ring substituents is 1. The number of hydrogen-bond donors (Lipinski definition) is 1. The lowest BCUT2D eigenvalue weighted by Crippen LogP contribution is -2.27. The van der Waals surface area contributed by atoms with Crippen LogP contribution in [-0.4, -0.2) is 37.6 Å². The zero-order valence-corrected chi connectivity index (χ0v) is 19.3. The Labute approximate surface area is 194 Å². The molecule has 0 aliphatic heterocycles. The van der Waals surface area contributed by atoms with Crippen LogP contribution in [0.25, 0.3) is 0 Å². The third kappa shape index (κ3) is 5.56. The van der Waals surface area contributed by atoms with Gasteiger partial charge in [-0.15, -0.1) is 0 Å². The minimum atomic E-state index is -3.74. The van der Waals surface area contributed by atoms with Crippen LogP contribution in [0.15, 0.2) is 81.4 Å². The lowest BCUT2D eigenvalue weighted by atomic mass is 10.1. The SMILES string of the molecule is CN(C)S(=O)(=O)c1ccccc1CNC(=O)c1cc([N+](=O)[O-])ccc1Sc1ccccc1F. The van der Waals surface area contributed by atoms with Crippen molar-refractivity contribution in [3.63, 3.8) is 0 Å². The van der Waals surface area contributed by atoms with Crippen molar-refractivity contribution in [2.24, 2.45) is 0 Å². The van der Waals surface area contributed by atoms with E-state index < -0.39 is 26.7 Å². The van der Waals surface area contributed by atoms with Gasteiger partial charge in [-0.3, -0.25) is 14.9 Å². The van der Waals surface area contributed by atoms with Gasteiger partial charge in [-0.25, -0.2) is 17.1 Å². The monoisotopic (exact) mass is 489 g/mol. The van der Waals surface area contributed by atoms with E-state index in [9.17, 15) is 27.7 Å². The van der Waals surface area contributed by atoms with Gasteiger partial charge in [-0.1, -0.05) is 42.1 Å². The molecule has 172 valence electrons.